The van der Waals surface area contributed by atoms with E-state index < -0.39 is 5.60 Å². The summed E-state index contributed by atoms with van der Waals surface area (Å²) in [5, 5.41) is 3.05. The van der Waals surface area contributed by atoms with E-state index in [-0.39, 0.29) is 23.5 Å². The predicted octanol–water partition coefficient (Wildman–Crippen LogP) is 4.58. The molecule has 0 saturated carbocycles. The van der Waals surface area contributed by atoms with Gasteiger partial charge in [0.25, 0.3) is 0 Å². The number of rotatable bonds is 3. The topological polar surface area (TPSA) is 58.6 Å². The van der Waals surface area contributed by atoms with Crippen molar-refractivity contribution in [1.29, 1.82) is 0 Å². The van der Waals surface area contributed by atoms with E-state index in [0.717, 1.165) is 25.7 Å². The number of hydrogen-bond donors (Lipinski definition) is 1. The Balaban J connectivity index is 1.92. The van der Waals surface area contributed by atoms with Crippen LogP contribution in [0.4, 0.5) is 4.79 Å². The molecule has 0 bridgehead atoms. The summed E-state index contributed by atoms with van der Waals surface area (Å²) in [5.41, 5.74) is 2.28. The third-order valence-corrected chi connectivity index (χ3v) is 5.36. The van der Waals surface area contributed by atoms with Gasteiger partial charge >= 0.3 is 6.09 Å². The SMILES string of the molecule is CC1=C(C=CC(=O)NC2CCCN(C(=O)OC(C)(C)C)C2)C(C)(C)CCC1. The number of carbonyl (C=O) groups excluding carboxylic acids is 2. The lowest BCUT2D eigenvalue weighted by Gasteiger charge is -2.34. The van der Waals surface area contributed by atoms with E-state index in [1.165, 1.54) is 17.6 Å². The zero-order chi connectivity index (χ0) is 20.2. The smallest absolute Gasteiger partial charge is 0.410 e. The Morgan fingerprint density at radius 3 is 2.59 bits per heavy atom. The van der Waals surface area contributed by atoms with E-state index in [1.807, 2.05) is 26.8 Å². The molecule has 1 unspecified atom stereocenters. The lowest BCUT2D eigenvalue weighted by Crippen LogP contribution is -2.50. The molecule has 1 aliphatic heterocycles. The Bertz CT molecular complexity index is 626. The van der Waals surface area contributed by atoms with Gasteiger partial charge in [0, 0.05) is 25.2 Å². The van der Waals surface area contributed by atoms with E-state index in [2.05, 4.69) is 26.1 Å². The third-order valence-electron chi connectivity index (χ3n) is 5.36. The highest BCUT2D eigenvalue weighted by molar-refractivity contribution is 5.88. The summed E-state index contributed by atoms with van der Waals surface area (Å²) in [4.78, 5) is 26.4. The van der Waals surface area contributed by atoms with Crippen molar-refractivity contribution in [2.75, 3.05) is 13.1 Å². The second kappa shape index (κ2) is 8.49. The molecule has 1 aliphatic carbocycles. The number of nitrogens with zero attached hydrogens (tertiary/aromatic N) is 1. The zero-order valence-electron chi connectivity index (χ0n) is 17.9. The van der Waals surface area contributed by atoms with E-state index in [0.29, 0.717) is 13.1 Å². The van der Waals surface area contributed by atoms with Crippen molar-refractivity contribution in [2.45, 2.75) is 85.3 Å². The van der Waals surface area contributed by atoms with Gasteiger partial charge in [0.15, 0.2) is 0 Å². The van der Waals surface area contributed by atoms with Gasteiger partial charge < -0.3 is 15.0 Å². The van der Waals surface area contributed by atoms with E-state index in [1.54, 1.807) is 11.0 Å². The van der Waals surface area contributed by atoms with Crippen molar-refractivity contribution in [3.8, 4) is 0 Å². The number of ether oxygens (including phenoxy) is 1. The van der Waals surface area contributed by atoms with Crippen LogP contribution in [0, 0.1) is 5.41 Å². The maximum Gasteiger partial charge on any atom is 0.410 e. The molecule has 152 valence electrons. The van der Waals surface area contributed by atoms with Crippen LogP contribution in [0.15, 0.2) is 23.3 Å². The minimum atomic E-state index is -0.506. The average Bonchev–Trinajstić information content (AvgIpc) is 2.52. The van der Waals surface area contributed by atoms with E-state index >= 15 is 0 Å². The van der Waals surface area contributed by atoms with Gasteiger partial charge in [-0.25, -0.2) is 4.79 Å². The van der Waals surface area contributed by atoms with Crippen molar-refractivity contribution < 1.29 is 14.3 Å². The van der Waals surface area contributed by atoms with Gasteiger partial charge in [-0.2, -0.15) is 0 Å². The fourth-order valence-electron chi connectivity index (χ4n) is 4.01. The molecule has 27 heavy (non-hydrogen) atoms. The fraction of sp³-hybridized carbons (Fsp3) is 0.727. The van der Waals surface area contributed by atoms with E-state index in [9.17, 15) is 9.59 Å². The van der Waals surface area contributed by atoms with Gasteiger partial charge in [-0.15, -0.1) is 0 Å². The Labute approximate surface area is 164 Å². The normalized spacial score (nSPS) is 23.5. The number of amides is 2. The lowest BCUT2D eigenvalue weighted by molar-refractivity contribution is -0.117. The standard InChI is InChI=1S/C22H36N2O3/c1-16-9-7-13-22(5,6)18(16)11-12-19(25)23-17-10-8-14-24(15-17)20(26)27-21(2,3)4/h11-12,17H,7-10,13-15H2,1-6H3,(H,23,25). The Morgan fingerprint density at radius 1 is 1.26 bits per heavy atom. The summed E-state index contributed by atoms with van der Waals surface area (Å²) >= 11 is 0. The van der Waals surface area contributed by atoms with Crippen LogP contribution in [0.2, 0.25) is 0 Å². The molecule has 0 spiro atoms. The minimum absolute atomic E-state index is 0.0298. The summed E-state index contributed by atoms with van der Waals surface area (Å²) in [6.45, 7) is 13.4. The second-order valence-corrected chi connectivity index (χ2v) is 9.54. The average molecular weight is 377 g/mol. The highest BCUT2D eigenvalue weighted by Crippen LogP contribution is 2.40. The van der Waals surface area contributed by atoms with Crippen LogP contribution in [0.1, 0.15) is 73.6 Å². The van der Waals surface area contributed by atoms with Gasteiger partial charge in [0.2, 0.25) is 5.91 Å². The first-order chi connectivity index (χ1) is 12.5. The molecule has 5 nitrogen and oxygen atoms in total. The van der Waals surface area contributed by atoms with Gasteiger partial charge in [-0.05, 0) is 70.8 Å². The van der Waals surface area contributed by atoms with Crippen LogP contribution in [0.5, 0.6) is 0 Å². The predicted molar refractivity (Wildman–Crippen MR) is 108 cm³/mol. The third kappa shape index (κ3) is 6.40. The molecule has 2 aliphatic rings. The summed E-state index contributed by atoms with van der Waals surface area (Å²) in [5.74, 6) is -0.0901. The van der Waals surface area contributed by atoms with Crippen LogP contribution >= 0.6 is 0 Å². The van der Waals surface area contributed by atoms with Crippen molar-refractivity contribution in [3.63, 3.8) is 0 Å². The summed E-state index contributed by atoms with van der Waals surface area (Å²) in [6.07, 6.45) is 8.55. The highest BCUT2D eigenvalue weighted by Gasteiger charge is 2.29. The minimum Gasteiger partial charge on any atom is -0.444 e. The van der Waals surface area contributed by atoms with Crippen molar-refractivity contribution >= 4 is 12.0 Å². The molecule has 2 amide bonds. The quantitative estimate of drug-likeness (QED) is 0.733. The van der Waals surface area contributed by atoms with Gasteiger partial charge in [-0.3, -0.25) is 4.79 Å². The lowest BCUT2D eigenvalue weighted by atomic mass is 9.72. The monoisotopic (exact) mass is 376 g/mol. The van der Waals surface area contributed by atoms with Crippen LogP contribution in [0.3, 0.4) is 0 Å². The van der Waals surface area contributed by atoms with E-state index in [4.69, 9.17) is 4.74 Å². The largest absolute Gasteiger partial charge is 0.444 e. The molecule has 5 heteroatoms. The summed E-state index contributed by atoms with van der Waals surface area (Å²) in [7, 11) is 0. The first-order valence-electron chi connectivity index (χ1n) is 10.1. The molecular formula is C22H36N2O3. The Kier molecular flexibility index (Phi) is 6.77. The number of hydrogen-bond acceptors (Lipinski definition) is 3. The molecule has 0 radical (unpaired) electrons. The number of likely N-dealkylation sites (tertiary alicyclic amines) is 1. The molecule has 1 atom stereocenters. The molecule has 2 rings (SSSR count). The molecule has 1 saturated heterocycles. The maximum absolute atomic E-state index is 12.4. The first kappa shape index (κ1) is 21.5. The molecule has 1 heterocycles. The van der Waals surface area contributed by atoms with Crippen LogP contribution in [0.25, 0.3) is 0 Å². The number of allylic oxidation sites excluding steroid dienone is 3. The van der Waals surface area contributed by atoms with Crippen LogP contribution in [-0.2, 0) is 9.53 Å². The molecular weight excluding hydrogens is 340 g/mol. The molecule has 0 aromatic carbocycles. The number of carbonyl (C=O) groups is 2. The molecule has 1 fully saturated rings. The molecule has 0 aromatic heterocycles. The molecule has 0 aromatic rings. The van der Waals surface area contributed by atoms with Crippen LogP contribution < -0.4 is 5.32 Å². The maximum atomic E-state index is 12.4. The van der Waals surface area contributed by atoms with Crippen molar-refractivity contribution in [1.82, 2.24) is 10.2 Å². The number of piperidine rings is 1. The first-order valence-corrected chi connectivity index (χ1v) is 10.1. The van der Waals surface area contributed by atoms with Gasteiger partial charge in [0.1, 0.15) is 5.60 Å². The van der Waals surface area contributed by atoms with Crippen molar-refractivity contribution in [3.05, 3.63) is 23.3 Å². The summed E-state index contributed by atoms with van der Waals surface area (Å²) < 4.78 is 5.45. The van der Waals surface area contributed by atoms with Crippen LogP contribution in [-0.4, -0.2) is 41.6 Å². The zero-order valence-corrected chi connectivity index (χ0v) is 17.9. The van der Waals surface area contributed by atoms with Gasteiger partial charge in [0.05, 0.1) is 0 Å². The fourth-order valence-corrected chi connectivity index (χ4v) is 4.01. The second-order valence-electron chi connectivity index (χ2n) is 9.54. The van der Waals surface area contributed by atoms with Gasteiger partial charge in [-0.1, -0.05) is 25.5 Å². The Hall–Kier alpha value is -1.78. The highest BCUT2D eigenvalue weighted by atomic mass is 16.6. The Morgan fingerprint density at radius 2 is 1.96 bits per heavy atom. The number of nitrogens with one attached hydrogen (secondary N) is 1. The van der Waals surface area contributed by atoms with Crippen molar-refractivity contribution in [2.24, 2.45) is 5.41 Å². The molecule has 1 N–H and O–H groups in total. The summed E-state index contributed by atoms with van der Waals surface area (Å²) in [6, 6.07) is -0.0298.